The van der Waals surface area contributed by atoms with E-state index in [1.165, 1.54) is 14.2 Å². The highest BCUT2D eigenvalue weighted by molar-refractivity contribution is 5.94. The smallest absolute Gasteiger partial charge is 0.256 e. The van der Waals surface area contributed by atoms with Gasteiger partial charge < -0.3 is 24.9 Å². The zero-order valence-corrected chi connectivity index (χ0v) is 13.5. The maximum atomic E-state index is 12.4. The molecule has 1 aromatic heterocycles. The minimum atomic E-state index is -0.519. The molecule has 0 radical (unpaired) electrons. The molecule has 8 nitrogen and oxygen atoms in total. The van der Waals surface area contributed by atoms with E-state index >= 15 is 0 Å². The van der Waals surface area contributed by atoms with Gasteiger partial charge in [-0.05, 0) is 24.6 Å². The van der Waals surface area contributed by atoms with Gasteiger partial charge in [-0.1, -0.05) is 0 Å². The monoisotopic (exact) mass is 331 g/mol. The number of methoxy groups -OCH3 is 2. The lowest BCUT2D eigenvalue weighted by Gasteiger charge is -2.25. The number of nitrogens with zero attached hydrogens (tertiary/aromatic N) is 1. The minimum absolute atomic E-state index is 0.0813. The van der Waals surface area contributed by atoms with E-state index in [-0.39, 0.29) is 41.0 Å². The molecule has 8 heteroatoms. The Labute approximate surface area is 137 Å². The van der Waals surface area contributed by atoms with E-state index in [2.05, 4.69) is 15.3 Å². The highest BCUT2D eigenvalue weighted by atomic mass is 16.5. The maximum Gasteiger partial charge on any atom is 0.256 e. The fraction of sp³-hybridized carbons (Fsp3) is 0.312. The van der Waals surface area contributed by atoms with Crippen LogP contribution < -0.4 is 20.3 Å². The third-order valence-electron chi connectivity index (χ3n) is 3.97. The Morgan fingerprint density at radius 1 is 1.21 bits per heavy atom. The van der Waals surface area contributed by atoms with Crippen molar-refractivity contribution in [2.24, 2.45) is 0 Å². The second-order valence-electron chi connectivity index (χ2n) is 5.49. The average Bonchev–Trinajstić information content (AvgIpc) is 2.53. The molecule has 0 aliphatic carbocycles. The summed E-state index contributed by atoms with van der Waals surface area (Å²) >= 11 is 0. The molecule has 126 valence electrons. The molecular formula is C16H17N3O5. The predicted octanol–water partition coefficient (Wildman–Crippen LogP) is 1.28. The second-order valence-corrected chi connectivity index (χ2v) is 5.49. The van der Waals surface area contributed by atoms with E-state index in [9.17, 15) is 14.7 Å². The van der Waals surface area contributed by atoms with Crippen LogP contribution in [-0.2, 0) is 4.79 Å². The van der Waals surface area contributed by atoms with E-state index in [0.717, 1.165) is 0 Å². The van der Waals surface area contributed by atoms with Crippen LogP contribution in [0.5, 0.6) is 17.2 Å². The van der Waals surface area contributed by atoms with Crippen molar-refractivity contribution >= 4 is 11.7 Å². The number of aromatic hydroxyl groups is 1. The molecule has 3 N–H and O–H groups in total. The van der Waals surface area contributed by atoms with Crippen molar-refractivity contribution in [3.63, 3.8) is 0 Å². The lowest BCUT2D eigenvalue weighted by molar-refractivity contribution is -0.116. The van der Waals surface area contributed by atoms with Crippen LogP contribution in [0.15, 0.2) is 16.9 Å². The first-order valence-electron chi connectivity index (χ1n) is 7.30. The predicted molar refractivity (Wildman–Crippen MR) is 85.9 cm³/mol. The molecule has 0 saturated heterocycles. The number of phenols is 1. The number of nitrogens with one attached hydrogen (secondary N) is 2. The summed E-state index contributed by atoms with van der Waals surface area (Å²) in [6.07, 6.45) is 0.0813. The van der Waals surface area contributed by atoms with Gasteiger partial charge in [0.2, 0.25) is 11.7 Å². The molecule has 2 aromatic rings. The molecule has 1 aliphatic heterocycles. The number of anilines is 1. The van der Waals surface area contributed by atoms with Gasteiger partial charge in [-0.2, -0.15) is 0 Å². The first-order valence-corrected chi connectivity index (χ1v) is 7.30. The number of aromatic nitrogens is 2. The van der Waals surface area contributed by atoms with Gasteiger partial charge in [0.15, 0.2) is 11.5 Å². The number of ether oxygens (including phenoxy) is 2. The van der Waals surface area contributed by atoms with Gasteiger partial charge in [0.05, 0.1) is 19.8 Å². The molecule has 0 saturated carbocycles. The first-order chi connectivity index (χ1) is 11.4. The lowest BCUT2D eigenvalue weighted by Crippen LogP contribution is -2.31. The van der Waals surface area contributed by atoms with E-state index in [4.69, 9.17) is 9.47 Å². The SMILES string of the molecule is COc1cc(C2CC(=O)Nc3nc(C)[nH]c(=O)c32)cc(OC)c1O. The Morgan fingerprint density at radius 2 is 1.83 bits per heavy atom. The van der Waals surface area contributed by atoms with Gasteiger partial charge >= 0.3 is 0 Å². The number of carbonyl (C=O) groups excluding carboxylic acids is 1. The van der Waals surface area contributed by atoms with Crippen LogP contribution in [0, 0.1) is 6.92 Å². The first kappa shape index (κ1) is 15.9. The van der Waals surface area contributed by atoms with Gasteiger partial charge in [0, 0.05) is 12.3 Å². The molecule has 24 heavy (non-hydrogen) atoms. The number of rotatable bonds is 3. The molecule has 1 amide bonds. The molecule has 3 rings (SSSR count). The number of hydrogen-bond donors (Lipinski definition) is 3. The fourth-order valence-electron chi connectivity index (χ4n) is 2.88. The number of aromatic amines is 1. The summed E-state index contributed by atoms with van der Waals surface area (Å²) in [4.78, 5) is 31.3. The van der Waals surface area contributed by atoms with Crippen molar-refractivity contribution in [1.29, 1.82) is 0 Å². The van der Waals surface area contributed by atoms with Gasteiger partial charge in [-0.3, -0.25) is 9.59 Å². The van der Waals surface area contributed by atoms with Gasteiger partial charge in [0.1, 0.15) is 11.6 Å². The van der Waals surface area contributed by atoms with E-state index in [1.54, 1.807) is 19.1 Å². The summed E-state index contributed by atoms with van der Waals surface area (Å²) in [6, 6.07) is 3.17. The van der Waals surface area contributed by atoms with Crippen LogP contribution in [0.1, 0.15) is 29.3 Å². The van der Waals surface area contributed by atoms with Gasteiger partial charge in [-0.25, -0.2) is 4.98 Å². The molecule has 0 bridgehead atoms. The van der Waals surface area contributed by atoms with Crippen LogP contribution in [0.25, 0.3) is 0 Å². The third-order valence-corrected chi connectivity index (χ3v) is 3.97. The Bertz CT molecular complexity index is 849. The van der Waals surface area contributed by atoms with Crippen molar-refractivity contribution < 1.29 is 19.4 Å². The van der Waals surface area contributed by atoms with Gasteiger partial charge in [0.25, 0.3) is 5.56 Å². The molecule has 1 aromatic carbocycles. The summed E-state index contributed by atoms with van der Waals surface area (Å²) in [5.41, 5.74) is 0.678. The van der Waals surface area contributed by atoms with E-state index < -0.39 is 5.92 Å². The largest absolute Gasteiger partial charge is 0.502 e. The number of H-pyrrole nitrogens is 1. The third kappa shape index (κ3) is 2.55. The Kier molecular flexibility index (Phi) is 3.88. The lowest BCUT2D eigenvalue weighted by atomic mass is 9.86. The summed E-state index contributed by atoms with van der Waals surface area (Å²) in [7, 11) is 2.83. The fourth-order valence-corrected chi connectivity index (χ4v) is 2.88. The highest BCUT2D eigenvalue weighted by Gasteiger charge is 2.31. The molecule has 1 atom stereocenters. The Balaban J connectivity index is 2.21. The Hall–Kier alpha value is -3.03. The summed E-state index contributed by atoms with van der Waals surface area (Å²) in [5.74, 6) is 0.177. The number of phenolic OH excluding ortho intramolecular Hbond substituents is 1. The number of amides is 1. The van der Waals surface area contributed by atoms with Crippen molar-refractivity contribution in [2.75, 3.05) is 19.5 Å². The van der Waals surface area contributed by atoms with Crippen molar-refractivity contribution in [3.8, 4) is 17.2 Å². The molecule has 2 heterocycles. The van der Waals surface area contributed by atoms with Crippen LogP contribution in [0.4, 0.5) is 5.82 Å². The van der Waals surface area contributed by atoms with Gasteiger partial charge in [-0.15, -0.1) is 0 Å². The van der Waals surface area contributed by atoms with Crippen molar-refractivity contribution in [3.05, 3.63) is 39.4 Å². The molecule has 1 aliphatic rings. The molecule has 0 fully saturated rings. The van der Waals surface area contributed by atoms with E-state index in [0.29, 0.717) is 17.0 Å². The van der Waals surface area contributed by atoms with Crippen LogP contribution in [0.3, 0.4) is 0 Å². The summed E-state index contributed by atoms with van der Waals surface area (Å²) in [5, 5.41) is 12.7. The normalized spacial score (nSPS) is 16.3. The number of benzene rings is 1. The number of aryl methyl sites for hydroxylation is 1. The zero-order valence-electron chi connectivity index (χ0n) is 13.5. The molecular weight excluding hydrogens is 314 g/mol. The Morgan fingerprint density at radius 3 is 2.42 bits per heavy atom. The molecule has 0 spiro atoms. The van der Waals surface area contributed by atoms with Crippen LogP contribution in [0.2, 0.25) is 0 Å². The number of carbonyl (C=O) groups is 1. The summed E-state index contributed by atoms with van der Waals surface area (Å²) in [6.45, 7) is 1.64. The average molecular weight is 331 g/mol. The highest BCUT2D eigenvalue weighted by Crippen LogP contribution is 2.42. The van der Waals surface area contributed by atoms with Crippen molar-refractivity contribution in [1.82, 2.24) is 9.97 Å². The number of fused-ring (bicyclic) bond motifs is 1. The second kappa shape index (κ2) is 5.88. The minimum Gasteiger partial charge on any atom is -0.502 e. The quantitative estimate of drug-likeness (QED) is 0.780. The molecule has 1 unspecified atom stereocenters. The number of hydrogen-bond acceptors (Lipinski definition) is 6. The van der Waals surface area contributed by atoms with Crippen LogP contribution in [-0.4, -0.2) is 35.2 Å². The maximum absolute atomic E-state index is 12.4. The van der Waals surface area contributed by atoms with Crippen molar-refractivity contribution in [2.45, 2.75) is 19.3 Å². The standard InChI is InChI=1S/C16H17N3O5/c1-7-17-15-13(16(22)18-7)9(6-12(20)19-15)8-4-10(23-2)14(21)11(5-8)24-3/h4-5,9,21H,6H2,1-3H3,(H2,17,18,19,20,22). The van der Waals surface area contributed by atoms with E-state index in [1.807, 2.05) is 0 Å². The topological polar surface area (TPSA) is 114 Å². The zero-order chi connectivity index (χ0) is 17.4. The van der Waals surface area contributed by atoms with Crippen LogP contribution >= 0.6 is 0 Å². The summed E-state index contributed by atoms with van der Waals surface area (Å²) < 4.78 is 10.3.